The lowest BCUT2D eigenvalue weighted by Gasteiger charge is -2.29. The Kier molecular flexibility index (Phi) is 4.84. The molecule has 1 aromatic rings. The first-order valence-corrected chi connectivity index (χ1v) is 6.51. The van der Waals surface area contributed by atoms with Crippen molar-refractivity contribution in [3.8, 4) is 5.75 Å². The maximum Gasteiger partial charge on any atom is 0.121 e. The van der Waals surface area contributed by atoms with Crippen LogP contribution in [0.1, 0.15) is 6.92 Å². The number of benzene rings is 1. The number of rotatable bonds is 5. The first kappa shape index (κ1) is 13.2. The summed E-state index contributed by atoms with van der Waals surface area (Å²) in [6.07, 6.45) is 0.0771. The second-order valence-corrected chi connectivity index (χ2v) is 4.62. The Morgan fingerprint density at radius 1 is 1.33 bits per heavy atom. The summed E-state index contributed by atoms with van der Waals surface area (Å²) in [6.45, 7) is 6.82. The molecule has 1 heterocycles. The van der Waals surface area contributed by atoms with Crippen molar-refractivity contribution in [1.82, 2.24) is 5.32 Å². The number of methoxy groups -OCH3 is 1. The first-order chi connectivity index (χ1) is 8.79. The zero-order chi connectivity index (χ0) is 12.8. The third-order valence-electron chi connectivity index (χ3n) is 3.04. The van der Waals surface area contributed by atoms with Crippen molar-refractivity contribution >= 4 is 5.69 Å². The molecular weight excluding hydrogens is 228 g/mol. The van der Waals surface area contributed by atoms with E-state index in [9.17, 15) is 0 Å². The van der Waals surface area contributed by atoms with Gasteiger partial charge in [-0.05, 0) is 19.1 Å². The van der Waals surface area contributed by atoms with E-state index in [1.54, 1.807) is 7.11 Å². The van der Waals surface area contributed by atoms with Crippen molar-refractivity contribution in [2.24, 2.45) is 0 Å². The summed E-state index contributed by atoms with van der Waals surface area (Å²) in [7, 11) is 1.69. The molecule has 1 N–H and O–H groups in total. The van der Waals surface area contributed by atoms with Crippen molar-refractivity contribution in [3.05, 3.63) is 24.3 Å². The van der Waals surface area contributed by atoms with Crippen LogP contribution < -0.4 is 15.0 Å². The lowest BCUT2D eigenvalue weighted by atomic mass is 10.2. The Labute approximate surface area is 109 Å². The smallest absolute Gasteiger partial charge is 0.121 e. The molecule has 0 bridgehead atoms. The van der Waals surface area contributed by atoms with Gasteiger partial charge in [-0.15, -0.1) is 0 Å². The van der Waals surface area contributed by atoms with E-state index < -0.39 is 0 Å². The normalized spacial score (nSPS) is 17.6. The Morgan fingerprint density at radius 2 is 2.11 bits per heavy atom. The van der Waals surface area contributed by atoms with Gasteiger partial charge in [-0.25, -0.2) is 0 Å². The van der Waals surface area contributed by atoms with Crippen LogP contribution in [0.25, 0.3) is 0 Å². The SMILES string of the molecule is COCC(C)Oc1cccc(N2CCNCC2)c1. The van der Waals surface area contributed by atoms with Gasteiger partial charge in [0.05, 0.1) is 6.61 Å². The number of hydrogen-bond acceptors (Lipinski definition) is 4. The van der Waals surface area contributed by atoms with Gasteiger partial charge in [0.15, 0.2) is 0 Å². The molecule has 1 aliphatic heterocycles. The third kappa shape index (κ3) is 3.62. The second-order valence-electron chi connectivity index (χ2n) is 4.62. The lowest BCUT2D eigenvalue weighted by molar-refractivity contribution is 0.0921. The number of anilines is 1. The average Bonchev–Trinajstić information content (AvgIpc) is 2.40. The van der Waals surface area contributed by atoms with E-state index in [0.717, 1.165) is 31.9 Å². The Balaban J connectivity index is 2.00. The molecule has 0 spiro atoms. The molecule has 0 amide bonds. The molecule has 1 aromatic carbocycles. The molecule has 0 saturated carbocycles. The third-order valence-corrected chi connectivity index (χ3v) is 3.04. The standard InChI is InChI=1S/C14H22N2O2/c1-12(11-17-2)18-14-5-3-4-13(10-14)16-8-6-15-7-9-16/h3-5,10,12,15H,6-9,11H2,1-2H3. The van der Waals surface area contributed by atoms with Crippen molar-refractivity contribution < 1.29 is 9.47 Å². The Bertz CT molecular complexity index is 365. The zero-order valence-electron chi connectivity index (χ0n) is 11.2. The van der Waals surface area contributed by atoms with Crippen molar-refractivity contribution in [3.63, 3.8) is 0 Å². The summed E-state index contributed by atoms with van der Waals surface area (Å²) in [5, 5.41) is 3.36. The fourth-order valence-electron chi connectivity index (χ4n) is 2.18. The first-order valence-electron chi connectivity index (χ1n) is 6.51. The molecule has 1 saturated heterocycles. The van der Waals surface area contributed by atoms with Gasteiger partial charge in [-0.1, -0.05) is 6.07 Å². The predicted octanol–water partition coefficient (Wildman–Crippen LogP) is 1.51. The molecule has 1 fully saturated rings. The molecule has 4 nitrogen and oxygen atoms in total. The predicted molar refractivity (Wildman–Crippen MR) is 73.5 cm³/mol. The summed E-state index contributed by atoms with van der Waals surface area (Å²) >= 11 is 0. The van der Waals surface area contributed by atoms with E-state index in [1.807, 2.05) is 19.1 Å². The van der Waals surface area contributed by atoms with E-state index in [-0.39, 0.29) is 6.10 Å². The Morgan fingerprint density at radius 3 is 2.83 bits per heavy atom. The minimum absolute atomic E-state index is 0.0771. The number of ether oxygens (including phenoxy) is 2. The summed E-state index contributed by atoms with van der Waals surface area (Å²) in [6, 6.07) is 8.29. The highest BCUT2D eigenvalue weighted by Crippen LogP contribution is 2.22. The summed E-state index contributed by atoms with van der Waals surface area (Å²) in [5.74, 6) is 0.913. The average molecular weight is 250 g/mol. The van der Waals surface area contributed by atoms with Crippen LogP contribution in [-0.4, -0.2) is 46.0 Å². The molecule has 18 heavy (non-hydrogen) atoms. The second kappa shape index (κ2) is 6.61. The highest BCUT2D eigenvalue weighted by Gasteiger charge is 2.11. The number of hydrogen-bond donors (Lipinski definition) is 1. The van der Waals surface area contributed by atoms with Crippen molar-refractivity contribution in [1.29, 1.82) is 0 Å². The molecular formula is C14H22N2O2. The van der Waals surface area contributed by atoms with E-state index in [2.05, 4.69) is 22.3 Å². The van der Waals surface area contributed by atoms with Gasteiger partial charge in [0.1, 0.15) is 11.9 Å². The van der Waals surface area contributed by atoms with Gasteiger partial charge < -0.3 is 19.7 Å². The fraction of sp³-hybridized carbons (Fsp3) is 0.571. The molecule has 1 aliphatic rings. The zero-order valence-corrected chi connectivity index (χ0v) is 11.2. The molecule has 100 valence electrons. The largest absolute Gasteiger partial charge is 0.488 e. The minimum atomic E-state index is 0.0771. The fourth-order valence-corrected chi connectivity index (χ4v) is 2.18. The highest BCUT2D eigenvalue weighted by atomic mass is 16.5. The molecule has 0 radical (unpaired) electrons. The topological polar surface area (TPSA) is 33.7 Å². The van der Waals surface area contributed by atoms with E-state index >= 15 is 0 Å². The molecule has 0 aliphatic carbocycles. The van der Waals surface area contributed by atoms with E-state index in [0.29, 0.717) is 6.61 Å². The van der Waals surface area contributed by atoms with Gasteiger partial charge in [0.2, 0.25) is 0 Å². The van der Waals surface area contributed by atoms with E-state index in [4.69, 9.17) is 9.47 Å². The van der Waals surface area contributed by atoms with Crippen molar-refractivity contribution in [2.75, 3.05) is 44.8 Å². The van der Waals surface area contributed by atoms with E-state index in [1.165, 1.54) is 5.69 Å². The van der Waals surface area contributed by atoms with Gasteiger partial charge in [0, 0.05) is 45.0 Å². The summed E-state index contributed by atoms with van der Waals surface area (Å²) < 4.78 is 10.9. The summed E-state index contributed by atoms with van der Waals surface area (Å²) in [5.41, 5.74) is 1.23. The lowest BCUT2D eigenvalue weighted by Crippen LogP contribution is -2.43. The quantitative estimate of drug-likeness (QED) is 0.859. The minimum Gasteiger partial charge on any atom is -0.488 e. The highest BCUT2D eigenvalue weighted by molar-refractivity contribution is 5.51. The van der Waals surface area contributed by atoms with Crippen LogP contribution >= 0.6 is 0 Å². The maximum atomic E-state index is 5.82. The van der Waals surface area contributed by atoms with Gasteiger partial charge >= 0.3 is 0 Å². The Hall–Kier alpha value is -1.26. The molecule has 0 aromatic heterocycles. The number of nitrogens with one attached hydrogen (secondary N) is 1. The van der Waals surface area contributed by atoms with Crippen molar-refractivity contribution in [2.45, 2.75) is 13.0 Å². The van der Waals surface area contributed by atoms with Crippen LogP contribution in [0.5, 0.6) is 5.75 Å². The number of nitrogens with zero attached hydrogens (tertiary/aromatic N) is 1. The van der Waals surface area contributed by atoms with Gasteiger partial charge in [0.25, 0.3) is 0 Å². The molecule has 1 atom stereocenters. The van der Waals surface area contributed by atoms with Gasteiger partial charge in [-0.3, -0.25) is 0 Å². The van der Waals surface area contributed by atoms with Gasteiger partial charge in [-0.2, -0.15) is 0 Å². The van der Waals surface area contributed by atoms with Crippen LogP contribution in [0.3, 0.4) is 0 Å². The van der Waals surface area contributed by atoms with Crippen LogP contribution in [0.2, 0.25) is 0 Å². The van der Waals surface area contributed by atoms with Crippen LogP contribution in [0, 0.1) is 0 Å². The van der Waals surface area contributed by atoms with Crippen LogP contribution in [0.15, 0.2) is 24.3 Å². The van der Waals surface area contributed by atoms with Crippen LogP contribution in [0.4, 0.5) is 5.69 Å². The summed E-state index contributed by atoms with van der Waals surface area (Å²) in [4.78, 5) is 2.38. The molecule has 1 unspecified atom stereocenters. The van der Waals surface area contributed by atoms with Crippen LogP contribution in [-0.2, 0) is 4.74 Å². The number of piperazine rings is 1. The maximum absolute atomic E-state index is 5.82. The molecule has 2 rings (SSSR count). The monoisotopic (exact) mass is 250 g/mol. The molecule has 4 heteroatoms.